The van der Waals surface area contributed by atoms with Crippen molar-refractivity contribution in [1.82, 2.24) is 10.0 Å². The van der Waals surface area contributed by atoms with Crippen LogP contribution in [0.25, 0.3) is 0 Å². The first-order valence-electron chi connectivity index (χ1n) is 9.26. The van der Waals surface area contributed by atoms with Gasteiger partial charge in [0.2, 0.25) is 15.9 Å². The van der Waals surface area contributed by atoms with Crippen LogP contribution in [0.3, 0.4) is 0 Å². The Bertz CT molecular complexity index is 955. The maximum Gasteiger partial charge on any atom is 0.241 e. The van der Waals surface area contributed by atoms with Gasteiger partial charge in [0.1, 0.15) is 6.04 Å². The predicted octanol–water partition coefficient (Wildman–Crippen LogP) is 2.91. The number of benzene rings is 2. The van der Waals surface area contributed by atoms with E-state index in [-0.39, 0.29) is 16.7 Å². The summed E-state index contributed by atoms with van der Waals surface area (Å²) in [6.07, 6.45) is 0. The van der Waals surface area contributed by atoms with Crippen molar-refractivity contribution >= 4 is 27.7 Å². The van der Waals surface area contributed by atoms with Crippen LogP contribution in [0.5, 0.6) is 0 Å². The minimum absolute atomic E-state index is 0.130. The third kappa shape index (κ3) is 6.89. The molecule has 6 nitrogen and oxygen atoms in total. The lowest BCUT2D eigenvalue weighted by atomic mass is 10.1. The number of nitriles is 1. The number of amides is 1. The maximum absolute atomic E-state index is 12.5. The SMILES string of the molecule is CC(C)[C@H](NS(=O)(=O)c1ccccc1)C(=O)NCCSCc1ccccc1C#N. The van der Waals surface area contributed by atoms with Gasteiger partial charge in [0.15, 0.2) is 0 Å². The molecule has 0 fully saturated rings. The van der Waals surface area contributed by atoms with E-state index in [0.717, 1.165) is 5.56 Å². The van der Waals surface area contributed by atoms with Gasteiger partial charge >= 0.3 is 0 Å². The Balaban J connectivity index is 1.86. The second kappa shape index (κ2) is 11.0. The monoisotopic (exact) mass is 431 g/mol. The Morgan fingerprint density at radius 1 is 1.10 bits per heavy atom. The van der Waals surface area contributed by atoms with E-state index in [1.165, 1.54) is 12.1 Å². The van der Waals surface area contributed by atoms with Gasteiger partial charge in [-0.2, -0.15) is 21.7 Å². The van der Waals surface area contributed by atoms with E-state index in [2.05, 4.69) is 16.1 Å². The van der Waals surface area contributed by atoms with Crippen LogP contribution in [0.1, 0.15) is 25.0 Å². The van der Waals surface area contributed by atoms with Crippen LogP contribution in [0, 0.1) is 17.2 Å². The fraction of sp³-hybridized carbons (Fsp3) is 0.333. The second-order valence-corrected chi connectivity index (χ2v) is 9.59. The summed E-state index contributed by atoms with van der Waals surface area (Å²) in [5.74, 6) is 0.775. The zero-order chi connectivity index (χ0) is 21.3. The van der Waals surface area contributed by atoms with Gasteiger partial charge in [0.05, 0.1) is 16.5 Å². The summed E-state index contributed by atoms with van der Waals surface area (Å²) in [5, 5.41) is 11.9. The molecule has 0 radical (unpaired) electrons. The van der Waals surface area contributed by atoms with Gasteiger partial charge in [-0.1, -0.05) is 50.2 Å². The molecule has 0 spiro atoms. The van der Waals surface area contributed by atoms with Crippen molar-refractivity contribution in [1.29, 1.82) is 5.26 Å². The molecule has 2 aromatic rings. The second-order valence-electron chi connectivity index (χ2n) is 6.77. The highest BCUT2D eigenvalue weighted by Crippen LogP contribution is 2.16. The largest absolute Gasteiger partial charge is 0.354 e. The van der Waals surface area contributed by atoms with Gasteiger partial charge in [0, 0.05) is 18.1 Å². The normalized spacial score (nSPS) is 12.3. The van der Waals surface area contributed by atoms with Gasteiger partial charge in [-0.3, -0.25) is 4.79 Å². The van der Waals surface area contributed by atoms with Gasteiger partial charge in [-0.15, -0.1) is 0 Å². The molecule has 1 amide bonds. The van der Waals surface area contributed by atoms with E-state index < -0.39 is 16.1 Å². The summed E-state index contributed by atoms with van der Waals surface area (Å²) in [4.78, 5) is 12.7. The highest BCUT2D eigenvalue weighted by atomic mass is 32.2. The fourth-order valence-corrected chi connectivity index (χ4v) is 4.85. The number of thioether (sulfide) groups is 1. The third-order valence-corrected chi connectivity index (χ3v) is 6.69. The highest BCUT2D eigenvalue weighted by molar-refractivity contribution is 7.98. The number of sulfonamides is 1. The summed E-state index contributed by atoms with van der Waals surface area (Å²) in [7, 11) is -3.78. The first-order chi connectivity index (χ1) is 13.8. The number of hydrogen-bond donors (Lipinski definition) is 2. The number of carbonyl (C=O) groups excluding carboxylic acids is 1. The molecule has 1 atom stereocenters. The molecule has 0 saturated heterocycles. The molecule has 0 unspecified atom stereocenters. The summed E-state index contributed by atoms with van der Waals surface area (Å²) in [6.45, 7) is 4.01. The standard InChI is InChI=1S/C21H25N3O3S2/c1-16(2)20(24-29(26,27)19-10-4-3-5-11-19)21(25)23-12-13-28-15-18-9-7-6-8-17(18)14-22/h3-11,16,20,24H,12-13,15H2,1-2H3,(H,23,25)/t20-/m0/s1. The average molecular weight is 432 g/mol. The summed E-state index contributed by atoms with van der Waals surface area (Å²) in [5.41, 5.74) is 1.61. The van der Waals surface area contributed by atoms with Crippen molar-refractivity contribution in [3.05, 3.63) is 65.7 Å². The molecular weight excluding hydrogens is 406 g/mol. The fourth-order valence-electron chi connectivity index (χ4n) is 2.62. The molecule has 0 aromatic heterocycles. The number of nitrogens with one attached hydrogen (secondary N) is 2. The van der Waals surface area contributed by atoms with Crippen molar-refractivity contribution in [2.75, 3.05) is 12.3 Å². The number of hydrogen-bond acceptors (Lipinski definition) is 5. The zero-order valence-electron chi connectivity index (χ0n) is 16.5. The molecule has 0 aliphatic heterocycles. The summed E-state index contributed by atoms with van der Waals surface area (Å²) < 4.78 is 27.6. The molecule has 0 bridgehead atoms. The van der Waals surface area contributed by atoms with Crippen molar-refractivity contribution in [3.63, 3.8) is 0 Å². The van der Waals surface area contributed by atoms with Crippen LogP contribution in [0.2, 0.25) is 0 Å². The molecule has 8 heteroatoms. The predicted molar refractivity (Wildman–Crippen MR) is 116 cm³/mol. The molecule has 154 valence electrons. The Morgan fingerprint density at radius 3 is 2.41 bits per heavy atom. The van der Waals surface area contributed by atoms with Gasteiger partial charge in [0.25, 0.3) is 0 Å². The van der Waals surface area contributed by atoms with Crippen LogP contribution in [-0.2, 0) is 20.6 Å². The lowest BCUT2D eigenvalue weighted by Gasteiger charge is -2.21. The first kappa shape index (κ1) is 22.9. The molecule has 2 aromatic carbocycles. The minimum Gasteiger partial charge on any atom is -0.354 e. The molecule has 29 heavy (non-hydrogen) atoms. The number of nitrogens with zero attached hydrogens (tertiary/aromatic N) is 1. The zero-order valence-corrected chi connectivity index (χ0v) is 18.1. The van der Waals surface area contributed by atoms with Gasteiger partial charge < -0.3 is 5.32 Å². The third-order valence-electron chi connectivity index (χ3n) is 4.23. The summed E-state index contributed by atoms with van der Waals surface area (Å²) >= 11 is 1.60. The Kier molecular flexibility index (Phi) is 8.70. The van der Waals surface area contributed by atoms with Crippen LogP contribution in [-0.4, -0.2) is 32.7 Å². The lowest BCUT2D eigenvalue weighted by Crippen LogP contribution is -2.50. The molecule has 0 heterocycles. The maximum atomic E-state index is 12.5. The molecule has 0 aliphatic rings. The van der Waals surface area contributed by atoms with Crippen LogP contribution >= 0.6 is 11.8 Å². The molecule has 0 aliphatic carbocycles. The minimum atomic E-state index is -3.78. The quantitative estimate of drug-likeness (QED) is 0.564. The van der Waals surface area contributed by atoms with Gasteiger partial charge in [-0.25, -0.2) is 8.42 Å². The van der Waals surface area contributed by atoms with E-state index in [9.17, 15) is 13.2 Å². The number of carbonyl (C=O) groups is 1. The highest BCUT2D eigenvalue weighted by Gasteiger charge is 2.28. The van der Waals surface area contributed by atoms with Crippen LogP contribution < -0.4 is 10.0 Å². The van der Waals surface area contributed by atoms with E-state index >= 15 is 0 Å². The molecule has 2 rings (SSSR count). The van der Waals surface area contributed by atoms with Crippen molar-refractivity contribution in [3.8, 4) is 6.07 Å². The van der Waals surface area contributed by atoms with E-state index in [0.29, 0.717) is 23.6 Å². The van der Waals surface area contributed by atoms with E-state index in [4.69, 9.17) is 5.26 Å². The van der Waals surface area contributed by atoms with Crippen LogP contribution in [0.15, 0.2) is 59.5 Å². The average Bonchev–Trinajstić information content (AvgIpc) is 2.72. The topological polar surface area (TPSA) is 99.1 Å². The number of rotatable bonds is 10. The summed E-state index contributed by atoms with van der Waals surface area (Å²) in [6, 6.07) is 16.7. The Morgan fingerprint density at radius 2 is 1.76 bits per heavy atom. The smallest absolute Gasteiger partial charge is 0.241 e. The van der Waals surface area contributed by atoms with Crippen molar-refractivity contribution < 1.29 is 13.2 Å². The lowest BCUT2D eigenvalue weighted by molar-refractivity contribution is -0.123. The van der Waals surface area contributed by atoms with E-state index in [1.54, 1.807) is 49.9 Å². The Labute approximate surface area is 176 Å². The first-order valence-corrected chi connectivity index (χ1v) is 11.9. The van der Waals surface area contributed by atoms with Crippen molar-refractivity contribution in [2.45, 2.75) is 30.5 Å². The molecule has 0 saturated carbocycles. The molecule has 2 N–H and O–H groups in total. The Hall–Kier alpha value is -2.34. The van der Waals surface area contributed by atoms with Crippen molar-refractivity contribution in [2.24, 2.45) is 5.92 Å². The molecular formula is C21H25N3O3S2. The van der Waals surface area contributed by atoms with Crippen LogP contribution in [0.4, 0.5) is 0 Å². The van der Waals surface area contributed by atoms with Gasteiger partial charge in [-0.05, 0) is 29.7 Å². The van der Waals surface area contributed by atoms with E-state index in [1.807, 2.05) is 18.2 Å².